The fourth-order valence-corrected chi connectivity index (χ4v) is 4.10. The van der Waals surface area contributed by atoms with Crippen LogP contribution in [0.1, 0.15) is 0 Å². The molecule has 1 fully saturated rings. The number of hydrogen-bond donors (Lipinski definition) is 3. The van der Waals surface area contributed by atoms with Crippen molar-refractivity contribution in [2.45, 2.75) is 0 Å². The highest BCUT2D eigenvalue weighted by molar-refractivity contribution is 5.88. The molecule has 4 heterocycles. The number of piperazine rings is 1. The first-order valence-electron chi connectivity index (χ1n) is 11.1. The maximum Gasteiger partial charge on any atom is 0.204 e. The molecule has 11 nitrogen and oxygen atoms in total. The van der Waals surface area contributed by atoms with Gasteiger partial charge in [-0.3, -0.25) is 5.10 Å². The van der Waals surface area contributed by atoms with Gasteiger partial charge in [-0.25, -0.2) is 9.97 Å². The zero-order chi connectivity index (χ0) is 22.9. The first-order chi connectivity index (χ1) is 16.7. The molecule has 3 N–H and O–H groups in total. The van der Waals surface area contributed by atoms with Crippen LogP contribution in [0.4, 0.5) is 17.2 Å². The monoisotopic (exact) mass is 453 g/mol. The van der Waals surface area contributed by atoms with E-state index < -0.39 is 0 Å². The van der Waals surface area contributed by atoms with Gasteiger partial charge in [0.25, 0.3) is 0 Å². The van der Waals surface area contributed by atoms with Gasteiger partial charge in [-0.05, 0) is 42.6 Å². The van der Waals surface area contributed by atoms with Crippen molar-refractivity contribution in [1.29, 1.82) is 0 Å². The predicted molar refractivity (Wildman–Crippen MR) is 130 cm³/mol. The number of aromatic nitrogens is 8. The van der Waals surface area contributed by atoms with Crippen molar-refractivity contribution in [3.63, 3.8) is 0 Å². The topological polar surface area (TPSA) is 127 Å². The first kappa shape index (κ1) is 20.2. The van der Waals surface area contributed by atoms with Gasteiger partial charge >= 0.3 is 0 Å². The molecular formula is C23H23N11. The molecule has 0 radical (unpaired) electrons. The van der Waals surface area contributed by atoms with Crippen LogP contribution in [0.5, 0.6) is 0 Å². The molecule has 1 aliphatic heterocycles. The van der Waals surface area contributed by atoms with Gasteiger partial charge < -0.3 is 15.1 Å². The molecular weight excluding hydrogens is 430 g/mol. The van der Waals surface area contributed by atoms with E-state index >= 15 is 0 Å². The minimum atomic E-state index is 0.519. The lowest BCUT2D eigenvalue weighted by molar-refractivity contribution is 0.313. The molecule has 1 saturated heterocycles. The van der Waals surface area contributed by atoms with Crippen LogP contribution in [0.3, 0.4) is 0 Å². The Balaban J connectivity index is 1.30. The number of anilines is 3. The average Bonchev–Trinajstić information content (AvgIpc) is 3.58. The number of fused-ring (bicyclic) bond motifs is 1. The molecule has 11 heteroatoms. The molecule has 0 unspecified atom stereocenters. The van der Waals surface area contributed by atoms with Crippen LogP contribution < -0.4 is 10.2 Å². The van der Waals surface area contributed by atoms with Crippen LogP contribution in [0.15, 0.2) is 54.7 Å². The van der Waals surface area contributed by atoms with Crippen LogP contribution >= 0.6 is 0 Å². The summed E-state index contributed by atoms with van der Waals surface area (Å²) in [4.78, 5) is 14.3. The van der Waals surface area contributed by atoms with Gasteiger partial charge in [0, 0.05) is 48.7 Å². The van der Waals surface area contributed by atoms with Gasteiger partial charge in [-0.1, -0.05) is 18.2 Å². The maximum absolute atomic E-state index is 4.81. The van der Waals surface area contributed by atoms with Gasteiger partial charge in [-0.2, -0.15) is 10.3 Å². The minimum Gasteiger partial charge on any atom is -0.369 e. The second kappa shape index (κ2) is 8.52. The molecule has 0 saturated carbocycles. The number of likely N-dealkylation sites (N-methyl/N-ethyl adjacent to an activating group) is 1. The number of tetrazole rings is 1. The molecule has 0 atom stereocenters. The summed E-state index contributed by atoms with van der Waals surface area (Å²) in [7, 11) is 2.16. The van der Waals surface area contributed by atoms with Gasteiger partial charge in [0.1, 0.15) is 11.0 Å². The highest BCUT2D eigenvalue weighted by Crippen LogP contribution is 2.28. The third-order valence-electron chi connectivity index (χ3n) is 6.02. The van der Waals surface area contributed by atoms with E-state index in [0.29, 0.717) is 17.5 Å². The summed E-state index contributed by atoms with van der Waals surface area (Å²) < 4.78 is 0. The summed E-state index contributed by atoms with van der Waals surface area (Å²) in [6, 6.07) is 16.2. The van der Waals surface area contributed by atoms with Crippen molar-refractivity contribution < 1.29 is 0 Å². The number of rotatable bonds is 5. The van der Waals surface area contributed by atoms with Crippen LogP contribution in [-0.4, -0.2) is 78.9 Å². The normalized spacial score (nSPS) is 14.6. The summed E-state index contributed by atoms with van der Waals surface area (Å²) in [6.07, 6.45) is 1.70. The molecule has 0 amide bonds. The molecule has 6 rings (SSSR count). The number of hydrogen-bond acceptors (Lipinski definition) is 9. The second-order valence-corrected chi connectivity index (χ2v) is 8.30. The Morgan fingerprint density at radius 1 is 0.912 bits per heavy atom. The largest absolute Gasteiger partial charge is 0.369 e. The van der Waals surface area contributed by atoms with Gasteiger partial charge in [-0.15, -0.1) is 10.2 Å². The minimum absolute atomic E-state index is 0.519. The molecule has 0 bridgehead atoms. The lowest BCUT2D eigenvalue weighted by atomic mass is 10.1. The average molecular weight is 454 g/mol. The molecule has 0 spiro atoms. The summed E-state index contributed by atoms with van der Waals surface area (Å²) >= 11 is 0. The van der Waals surface area contributed by atoms with Crippen LogP contribution in [0.2, 0.25) is 0 Å². The Morgan fingerprint density at radius 3 is 2.47 bits per heavy atom. The van der Waals surface area contributed by atoms with E-state index in [2.05, 4.69) is 77.3 Å². The van der Waals surface area contributed by atoms with Crippen molar-refractivity contribution in [2.24, 2.45) is 0 Å². The van der Waals surface area contributed by atoms with Crippen LogP contribution in [0, 0.1) is 0 Å². The third kappa shape index (κ3) is 3.92. The lowest BCUT2D eigenvalue weighted by Crippen LogP contribution is -2.44. The molecule has 1 aliphatic rings. The number of nitrogens with zero attached hydrogens (tertiary/aromatic N) is 8. The Hall–Kier alpha value is -4.38. The Labute approximate surface area is 195 Å². The van der Waals surface area contributed by atoms with E-state index in [0.717, 1.165) is 54.0 Å². The number of aromatic amines is 2. The van der Waals surface area contributed by atoms with Gasteiger partial charge in [0.15, 0.2) is 11.6 Å². The van der Waals surface area contributed by atoms with Crippen LogP contribution in [0.25, 0.3) is 33.8 Å². The van der Waals surface area contributed by atoms with Crippen molar-refractivity contribution >= 4 is 28.2 Å². The number of nitrogens with one attached hydrogen (secondary N) is 3. The smallest absolute Gasteiger partial charge is 0.204 e. The molecule has 0 aliphatic carbocycles. The molecule has 3 aromatic heterocycles. The van der Waals surface area contributed by atoms with E-state index in [-0.39, 0.29) is 0 Å². The van der Waals surface area contributed by atoms with Crippen molar-refractivity contribution in [1.82, 2.24) is 45.7 Å². The van der Waals surface area contributed by atoms with E-state index in [1.165, 1.54) is 5.69 Å². The summed E-state index contributed by atoms with van der Waals surface area (Å²) in [5.74, 6) is 1.76. The maximum atomic E-state index is 4.81. The molecule has 5 aromatic rings. The second-order valence-electron chi connectivity index (χ2n) is 8.30. The van der Waals surface area contributed by atoms with E-state index in [4.69, 9.17) is 9.97 Å². The Bertz CT molecular complexity index is 1400. The van der Waals surface area contributed by atoms with Crippen molar-refractivity contribution in [2.75, 3.05) is 43.4 Å². The lowest BCUT2D eigenvalue weighted by Gasteiger charge is -2.34. The van der Waals surface area contributed by atoms with Crippen LogP contribution in [-0.2, 0) is 0 Å². The summed E-state index contributed by atoms with van der Waals surface area (Å²) in [6.45, 7) is 4.23. The summed E-state index contributed by atoms with van der Waals surface area (Å²) in [5.41, 5.74) is 5.33. The Morgan fingerprint density at radius 2 is 1.71 bits per heavy atom. The molecule has 34 heavy (non-hydrogen) atoms. The quantitative estimate of drug-likeness (QED) is 0.368. The van der Waals surface area contributed by atoms with Gasteiger partial charge in [0.2, 0.25) is 5.82 Å². The fraction of sp³-hybridized carbons (Fsp3) is 0.217. The van der Waals surface area contributed by atoms with E-state index in [9.17, 15) is 0 Å². The molecule has 2 aromatic carbocycles. The van der Waals surface area contributed by atoms with E-state index in [1.807, 2.05) is 24.3 Å². The third-order valence-corrected chi connectivity index (χ3v) is 6.02. The zero-order valence-electron chi connectivity index (χ0n) is 18.6. The van der Waals surface area contributed by atoms with Gasteiger partial charge in [0.05, 0.1) is 6.20 Å². The Kier molecular flexibility index (Phi) is 5.07. The zero-order valence-corrected chi connectivity index (χ0v) is 18.6. The SMILES string of the molecule is CN1CCN(c2ccc(Nc3nc(-c4cccc(-c5nn[nH]n5)c4)nc4cn[nH]c34)cc2)CC1. The standard InChI is InChI=1S/C23H23N11/c1-33-9-11-34(12-10-33)18-7-5-17(6-8-18)25-23-20-19(14-24-28-20)26-21(27-23)15-3-2-4-16(13-15)22-29-31-32-30-22/h2-8,13-14H,9-12H2,1H3,(H,24,28)(H,25,26,27)(H,29,30,31,32). The highest BCUT2D eigenvalue weighted by atomic mass is 15.5. The highest BCUT2D eigenvalue weighted by Gasteiger charge is 2.15. The predicted octanol–water partition coefficient (Wildman–Crippen LogP) is 2.70. The fourth-order valence-electron chi connectivity index (χ4n) is 4.10. The van der Waals surface area contributed by atoms with E-state index in [1.54, 1.807) is 6.20 Å². The van der Waals surface area contributed by atoms with Crippen molar-refractivity contribution in [3.05, 3.63) is 54.7 Å². The number of H-pyrrole nitrogens is 2. The first-order valence-corrected chi connectivity index (χ1v) is 11.1. The van der Waals surface area contributed by atoms with Crippen molar-refractivity contribution in [3.8, 4) is 22.8 Å². The molecule has 170 valence electrons. The number of benzene rings is 2. The summed E-state index contributed by atoms with van der Waals surface area (Å²) in [5, 5.41) is 24.8.